The zero-order valence-corrected chi connectivity index (χ0v) is 14.2. The van der Waals surface area contributed by atoms with Gasteiger partial charge in [-0.05, 0) is 35.0 Å². The summed E-state index contributed by atoms with van der Waals surface area (Å²) in [7, 11) is 0. The lowest BCUT2D eigenvalue weighted by Gasteiger charge is -2.14. The van der Waals surface area contributed by atoms with Crippen molar-refractivity contribution in [1.29, 1.82) is 0 Å². The number of halogens is 3. The van der Waals surface area contributed by atoms with Crippen LogP contribution < -0.4 is 5.32 Å². The molecule has 0 aliphatic carbocycles. The summed E-state index contributed by atoms with van der Waals surface area (Å²) in [5.74, 6) is 0.0633. The standard InChI is InChI=1S/C14H13BrCl2N2O2/c1-7-14(21)9(8(6-20)4-18-7)5-19-11-3-2-10(15)12(16)13(11)17/h2-4,19-21H,5-6H2,1H3. The molecule has 0 atom stereocenters. The highest BCUT2D eigenvalue weighted by atomic mass is 79.9. The molecule has 1 aromatic carbocycles. The molecule has 0 bridgehead atoms. The van der Waals surface area contributed by atoms with Gasteiger partial charge in [-0.3, -0.25) is 4.98 Å². The second-order valence-electron chi connectivity index (χ2n) is 4.43. The molecule has 0 unspecified atom stereocenters. The highest BCUT2D eigenvalue weighted by Gasteiger charge is 2.13. The van der Waals surface area contributed by atoms with Crippen molar-refractivity contribution in [3.63, 3.8) is 0 Å². The normalized spacial score (nSPS) is 10.7. The number of benzene rings is 1. The number of aromatic nitrogens is 1. The average Bonchev–Trinajstić information content (AvgIpc) is 2.48. The van der Waals surface area contributed by atoms with E-state index in [1.54, 1.807) is 25.3 Å². The minimum absolute atomic E-state index is 0.0633. The number of aromatic hydroxyl groups is 1. The number of anilines is 1. The quantitative estimate of drug-likeness (QED) is 0.681. The number of nitrogens with zero attached hydrogens (tertiary/aromatic N) is 1. The smallest absolute Gasteiger partial charge is 0.142 e. The van der Waals surface area contributed by atoms with Gasteiger partial charge in [-0.25, -0.2) is 0 Å². The monoisotopic (exact) mass is 390 g/mol. The molecule has 0 amide bonds. The molecule has 112 valence electrons. The van der Waals surface area contributed by atoms with E-state index in [-0.39, 0.29) is 12.4 Å². The van der Waals surface area contributed by atoms with Crippen LogP contribution in [0.5, 0.6) is 5.75 Å². The Morgan fingerprint density at radius 1 is 1.29 bits per heavy atom. The van der Waals surface area contributed by atoms with Crippen molar-refractivity contribution >= 4 is 44.8 Å². The molecule has 0 aliphatic rings. The zero-order chi connectivity index (χ0) is 15.6. The van der Waals surface area contributed by atoms with E-state index in [1.807, 2.05) is 0 Å². The molecule has 1 heterocycles. The maximum Gasteiger partial charge on any atom is 0.142 e. The molecule has 3 N–H and O–H groups in total. The largest absolute Gasteiger partial charge is 0.506 e. The van der Waals surface area contributed by atoms with Crippen molar-refractivity contribution in [3.8, 4) is 5.75 Å². The highest BCUT2D eigenvalue weighted by molar-refractivity contribution is 9.10. The maximum atomic E-state index is 10.1. The molecule has 21 heavy (non-hydrogen) atoms. The van der Waals surface area contributed by atoms with Gasteiger partial charge in [0.15, 0.2) is 0 Å². The van der Waals surface area contributed by atoms with E-state index in [9.17, 15) is 10.2 Å². The summed E-state index contributed by atoms with van der Waals surface area (Å²) >= 11 is 15.5. The van der Waals surface area contributed by atoms with Gasteiger partial charge in [0.2, 0.25) is 0 Å². The van der Waals surface area contributed by atoms with Crippen LogP contribution in [0.3, 0.4) is 0 Å². The van der Waals surface area contributed by atoms with E-state index in [1.165, 1.54) is 0 Å². The summed E-state index contributed by atoms with van der Waals surface area (Å²) in [5.41, 5.74) is 2.29. The van der Waals surface area contributed by atoms with Crippen LogP contribution in [0.15, 0.2) is 22.8 Å². The second-order valence-corrected chi connectivity index (χ2v) is 6.04. The lowest BCUT2D eigenvalue weighted by molar-refractivity contribution is 0.279. The van der Waals surface area contributed by atoms with E-state index >= 15 is 0 Å². The first-order chi connectivity index (χ1) is 9.95. The van der Waals surface area contributed by atoms with Crippen LogP contribution in [0.25, 0.3) is 0 Å². The fraction of sp³-hybridized carbons (Fsp3) is 0.214. The van der Waals surface area contributed by atoms with Crippen LogP contribution in [0.2, 0.25) is 10.0 Å². The first-order valence-electron chi connectivity index (χ1n) is 6.10. The number of hydrogen-bond acceptors (Lipinski definition) is 4. The molecule has 1 aromatic heterocycles. The predicted molar refractivity (Wildman–Crippen MR) is 88.1 cm³/mol. The van der Waals surface area contributed by atoms with Crippen molar-refractivity contribution < 1.29 is 10.2 Å². The number of nitrogens with one attached hydrogen (secondary N) is 1. The SMILES string of the molecule is Cc1ncc(CO)c(CNc2ccc(Br)c(Cl)c2Cl)c1O. The predicted octanol–water partition coefficient (Wildman–Crippen LogP) is 4.27. The number of aliphatic hydroxyl groups excluding tert-OH is 1. The summed E-state index contributed by atoms with van der Waals surface area (Å²) in [6.07, 6.45) is 1.54. The molecule has 0 spiro atoms. The summed E-state index contributed by atoms with van der Waals surface area (Å²) in [6.45, 7) is 1.79. The Labute approximate surface area is 140 Å². The number of aliphatic hydroxyl groups is 1. The van der Waals surface area contributed by atoms with Crippen molar-refractivity contribution in [3.05, 3.63) is 49.7 Å². The molecular weight excluding hydrogens is 379 g/mol. The van der Waals surface area contributed by atoms with Gasteiger partial charge in [-0.1, -0.05) is 23.2 Å². The van der Waals surface area contributed by atoms with Gasteiger partial charge < -0.3 is 15.5 Å². The summed E-state index contributed by atoms with van der Waals surface area (Å²) in [4.78, 5) is 4.02. The number of pyridine rings is 1. The van der Waals surface area contributed by atoms with Crippen LogP contribution in [0, 0.1) is 6.92 Å². The van der Waals surface area contributed by atoms with E-state index in [4.69, 9.17) is 23.2 Å². The van der Waals surface area contributed by atoms with Gasteiger partial charge in [0.1, 0.15) is 5.75 Å². The minimum Gasteiger partial charge on any atom is -0.506 e. The molecule has 2 rings (SSSR count). The van der Waals surface area contributed by atoms with Gasteiger partial charge in [0.25, 0.3) is 0 Å². The van der Waals surface area contributed by atoms with Crippen LogP contribution in [-0.4, -0.2) is 15.2 Å². The summed E-state index contributed by atoms with van der Waals surface area (Å²) in [6, 6.07) is 3.56. The molecule has 4 nitrogen and oxygen atoms in total. The molecule has 2 aromatic rings. The fourth-order valence-electron chi connectivity index (χ4n) is 1.86. The molecule has 0 fully saturated rings. The Morgan fingerprint density at radius 3 is 2.67 bits per heavy atom. The Morgan fingerprint density at radius 2 is 2.00 bits per heavy atom. The third-order valence-electron chi connectivity index (χ3n) is 3.09. The maximum absolute atomic E-state index is 10.1. The highest BCUT2D eigenvalue weighted by Crippen LogP contribution is 2.36. The van der Waals surface area contributed by atoms with E-state index < -0.39 is 0 Å². The minimum atomic E-state index is -0.202. The second kappa shape index (κ2) is 6.83. The first kappa shape index (κ1) is 16.4. The number of aryl methyl sites for hydroxylation is 1. The lowest BCUT2D eigenvalue weighted by Crippen LogP contribution is -2.06. The Bertz CT molecular complexity index is 681. The molecule has 0 saturated heterocycles. The van der Waals surface area contributed by atoms with Crippen LogP contribution >= 0.6 is 39.1 Å². The van der Waals surface area contributed by atoms with E-state index in [0.717, 1.165) is 0 Å². The summed E-state index contributed by atoms with van der Waals surface area (Å²) < 4.78 is 0.707. The fourth-order valence-corrected chi connectivity index (χ4v) is 2.70. The molecule has 7 heteroatoms. The molecule has 0 saturated carbocycles. The van der Waals surface area contributed by atoms with E-state index in [0.29, 0.717) is 43.6 Å². The van der Waals surface area contributed by atoms with Crippen molar-refractivity contribution in [2.45, 2.75) is 20.1 Å². The topological polar surface area (TPSA) is 65.4 Å². The van der Waals surface area contributed by atoms with Gasteiger partial charge in [-0.15, -0.1) is 0 Å². The molecule has 0 radical (unpaired) electrons. The van der Waals surface area contributed by atoms with Crippen molar-refractivity contribution in [2.24, 2.45) is 0 Å². The van der Waals surface area contributed by atoms with Gasteiger partial charge in [0, 0.05) is 28.3 Å². The third-order valence-corrected chi connectivity index (χ3v) is 4.86. The summed E-state index contributed by atoms with van der Waals surface area (Å²) in [5, 5.41) is 23.3. The average molecular weight is 392 g/mol. The Hall–Kier alpha value is -1.01. The number of hydrogen-bond donors (Lipinski definition) is 3. The Balaban J connectivity index is 2.29. The van der Waals surface area contributed by atoms with Gasteiger partial charge >= 0.3 is 0 Å². The van der Waals surface area contributed by atoms with Crippen molar-refractivity contribution in [2.75, 3.05) is 5.32 Å². The van der Waals surface area contributed by atoms with Crippen LogP contribution in [0.4, 0.5) is 5.69 Å². The number of rotatable bonds is 4. The van der Waals surface area contributed by atoms with Gasteiger partial charge in [0.05, 0.1) is 28.0 Å². The van der Waals surface area contributed by atoms with E-state index in [2.05, 4.69) is 26.2 Å². The van der Waals surface area contributed by atoms with Crippen LogP contribution in [0.1, 0.15) is 16.8 Å². The zero-order valence-electron chi connectivity index (χ0n) is 11.1. The third kappa shape index (κ3) is 3.43. The molecular formula is C14H13BrCl2N2O2. The Kier molecular flexibility index (Phi) is 5.32. The van der Waals surface area contributed by atoms with Gasteiger partial charge in [-0.2, -0.15) is 0 Å². The lowest BCUT2D eigenvalue weighted by atomic mass is 10.1. The van der Waals surface area contributed by atoms with Crippen molar-refractivity contribution in [1.82, 2.24) is 4.98 Å². The van der Waals surface area contributed by atoms with Crippen LogP contribution in [-0.2, 0) is 13.2 Å². The molecule has 0 aliphatic heterocycles. The first-order valence-corrected chi connectivity index (χ1v) is 7.65.